The summed E-state index contributed by atoms with van der Waals surface area (Å²) in [6.07, 6.45) is -5.60. The Morgan fingerprint density at radius 1 is 1.12 bits per heavy atom. The summed E-state index contributed by atoms with van der Waals surface area (Å²) in [6, 6.07) is 12.6. The molecule has 10 heteroatoms. The fraction of sp³-hybridized carbons (Fsp3) is 0.273. The first-order valence-corrected chi connectivity index (χ1v) is 10.0. The Morgan fingerprint density at radius 3 is 2.50 bits per heavy atom. The summed E-state index contributed by atoms with van der Waals surface area (Å²) in [7, 11) is 1.22. The number of ether oxygens (including phenoxy) is 1. The number of aryl methyl sites for hydroxylation is 1. The summed E-state index contributed by atoms with van der Waals surface area (Å²) in [4.78, 5) is 33.3. The number of carbonyl (C=O) groups is 1. The van der Waals surface area contributed by atoms with Crippen LogP contribution >= 0.6 is 11.6 Å². The lowest BCUT2D eigenvalue weighted by Gasteiger charge is -2.14. The van der Waals surface area contributed by atoms with Crippen LogP contribution in [-0.2, 0) is 17.7 Å². The second-order valence-electron chi connectivity index (χ2n) is 6.96. The van der Waals surface area contributed by atoms with Crippen LogP contribution in [0.2, 0.25) is 5.02 Å². The van der Waals surface area contributed by atoms with E-state index in [2.05, 4.69) is 14.7 Å². The average Bonchev–Trinajstić information content (AvgIpc) is 2.75. The van der Waals surface area contributed by atoms with Crippen LogP contribution in [0.15, 0.2) is 53.3 Å². The Balaban J connectivity index is 1.99. The van der Waals surface area contributed by atoms with Gasteiger partial charge in [-0.1, -0.05) is 29.8 Å². The number of carbonyl (C=O) groups excluding carboxylic acids is 1. The topological polar surface area (TPSA) is 74.1 Å². The van der Waals surface area contributed by atoms with E-state index in [-0.39, 0.29) is 30.9 Å². The molecular formula is C22H19ClF3N3O3. The molecule has 0 N–H and O–H groups in total. The van der Waals surface area contributed by atoms with E-state index in [0.717, 1.165) is 0 Å². The maximum atomic E-state index is 12.9. The fourth-order valence-electron chi connectivity index (χ4n) is 3.08. The van der Waals surface area contributed by atoms with E-state index in [1.54, 1.807) is 36.4 Å². The maximum absolute atomic E-state index is 12.9. The summed E-state index contributed by atoms with van der Waals surface area (Å²) < 4.78 is 43.9. The Morgan fingerprint density at radius 2 is 1.84 bits per heavy atom. The monoisotopic (exact) mass is 465 g/mol. The third-order valence-electron chi connectivity index (χ3n) is 4.61. The summed E-state index contributed by atoms with van der Waals surface area (Å²) in [5, 5.41) is 0.504. The largest absolute Gasteiger partial charge is 0.464 e. The zero-order valence-electron chi connectivity index (χ0n) is 17.0. The van der Waals surface area contributed by atoms with Crippen molar-refractivity contribution in [2.75, 3.05) is 7.11 Å². The number of hydrogen-bond acceptors (Lipinski definition) is 5. The zero-order chi connectivity index (χ0) is 23.3. The Bertz CT molecular complexity index is 1160. The highest BCUT2D eigenvalue weighted by Gasteiger charge is 2.26. The third-order valence-corrected chi connectivity index (χ3v) is 4.86. The standard InChI is InChI=1S/C22H19ClF3N3O3/c1-32-21(31)17-5-2-4-16(27-17)13-29-19(6-3-11-22(24,25)26)28-18(12-20(29)30)14-7-9-15(23)10-8-14/h2,4-5,7-10,12H,3,6,11,13H2,1H3. The number of hydrogen-bond donors (Lipinski definition) is 0. The molecule has 0 saturated heterocycles. The second-order valence-corrected chi connectivity index (χ2v) is 7.40. The summed E-state index contributed by atoms with van der Waals surface area (Å²) in [6.45, 7) is -0.0566. The minimum Gasteiger partial charge on any atom is -0.464 e. The summed E-state index contributed by atoms with van der Waals surface area (Å²) in [5.74, 6) is -0.446. The molecule has 0 fully saturated rings. The van der Waals surface area contributed by atoms with E-state index in [0.29, 0.717) is 22.0 Å². The summed E-state index contributed by atoms with van der Waals surface area (Å²) in [5.41, 5.74) is 0.926. The quantitative estimate of drug-likeness (QED) is 0.474. The predicted molar refractivity (Wildman–Crippen MR) is 113 cm³/mol. The molecule has 0 bridgehead atoms. The highest BCUT2D eigenvalue weighted by molar-refractivity contribution is 6.30. The molecule has 0 spiro atoms. The van der Waals surface area contributed by atoms with Crippen LogP contribution in [0, 0.1) is 0 Å². The number of alkyl halides is 3. The Hall–Kier alpha value is -3.20. The first kappa shape index (κ1) is 23.5. The van der Waals surface area contributed by atoms with Gasteiger partial charge < -0.3 is 4.74 Å². The van der Waals surface area contributed by atoms with E-state index in [1.807, 2.05) is 0 Å². The van der Waals surface area contributed by atoms with Crippen molar-refractivity contribution in [3.63, 3.8) is 0 Å². The molecule has 2 heterocycles. The highest BCUT2D eigenvalue weighted by Crippen LogP contribution is 2.23. The number of halogens is 4. The number of benzene rings is 1. The fourth-order valence-corrected chi connectivity index (χ4v) is 3.20. The van der Waals surface area contributed by atoms with Crippen molar-refractivity contribution in [1.82, 2.24) is 14.5 Å². The van der Waals surface area contributed by atoms with Gasteiger partial charge in [0.15, 0.2) is 0 Å². The lowest BCUT2D eigenvalue weighted by atomic mass is 10.1. The average molecular weight is 466 g/mol. The van der Waals surface area contributed by atoms with Gasteiger partial charge >= 0.3 is 12.1 Å². The van der Waals surface area contributed by atoms with Crippen molar-refractivity contribution in [3.05, 3.63) is 81.1 Å². The van der Waals surface area contributed by atoms with Gasteiger partial charge in [0.25, 0.3) is 5.56 Å². The van der Waals surface area contributed by atoms with Gasteiger partial charge in [-0.2, -0.15) is 13.2 Å². The van der Waals surface area contributed by atoms with Gasteiger partial charge in [0.1, 0.15) is 11.5 Å². The molecule has 0 aliphatic carbocycles. The number of aromatic nitrogens is 3. The van der Waals surface area contributed by atoms with Crippen molar-refractivity contribution in [2.45, 2.75) is 32.0 Å². The number of esters is 1. The first-order valence-electron chi connectivity index (χ1n) is 9.64. The van der Waals surface area contributed by atoms with E-state index in [4.69, 9.17) is 11.6 Å². The van der Waals surface area contributed by atoms with E-state index in [9.17, 15) is 22.8 Å². The number of methoxy groups -OCH3 is 1. The highest BCUT2D eigenvalue weighted by atomic mass is 35.5. The molecule has 6 nitrogen and oxygen atoms in total. The molecule has 0 aliphatic rings. The molecule has 168 valence electrons. The molecule has 3 rings (SSSR count). The van der Waals surface area contributed by atoms with Gasteiger partial charge in [-0.3, -0.25) is 9.36 Å². The van der Waals surface area contributed by atoms with Gasteiger partial charge in [-0.15, -0.1) is 0 Å². The SMILES string of the molecule is COC(=O)c1cccc(Cn2c(CCCC(F)(F)F)nc(-c3ccc(Cl)cc3)cc2=O)n1. The van der Waals surface area contributed by atoms with Gasteiger partial charge in [0.2, 0.25) is 0 Å². The van der Waals surface area contributed by atoms with Crippen molar-refractivity contribution in [1.29, 1.82) is 0 Å². The second kappa shape index (κ2) is 9.95. The van der Waals surface area contributed by atoms with Crippen LogP contribution in [0.3, 0.4) is 0 Å². The van der Waals surface area contributed by atoms with Crippen molar-refractivity contribution in [3.8, 4) is 11.3 Å². The number of rotatable bonds is 7. The van der Waals surface area contributed by atoms with Crippen LogP contribution in [0.5, 0.6) is 0 Å². The van der Waals surface area contributed by atoms with Gasteiger partial charge in [-0.25, -0.2) is 14.8 Å². The number of pyridine rings is 1. The normalized spacial score (nSPS) is 11.4. The van der Waals surface area contributed by atoms with Crippen LogP contribution in [0.25, 0.3) is 11.3 Å². The smallest absolute Gasteiger partial charge is 0.389 e. The minimum absolute atomic E-state index is 0.0566. The van der Waals surface area contributed by atoms with Crippen molar-refractivity contribution < 1.29 is 22.7 Å². The van der Waals surface area contributed by atoms with E-state index >= 15 is 0 Å². The van der Waals surface area contributed by atoms with Crippen molar-refractivity contribution >= 4 is 17.6 Å². The van der Waals surface area contributed by atoms with Crippen LogP contribution < -0.4 is 5.56 Å². The van der Waals surface area contributed by atoms with Crippen LogP contribution in [0.1, 0.15) is 34.8 Å². The maximum Gasteiger partial charge on any atom is 0.389 e. The Kier molecular flexibility index (Phi) is 7.29. The molecule has 0 saturated carbocycles. The molecule has 0 radical (unpaired) electrons. The predicted octanol–water partition coefficient (Wildman–Crippen LogP) is 4.68. The molecule has 0 amide bonds. The van der Waals surface area contributed by atoms with Crippen molar-refractivity contribution in [2.24, 2.45) is 0 Å². The van der Waals surface area contributed by atoms with E-state index < -0.39 is 24.1 Å². The first-order chi connectivity index (χ1) is 15.2. The molecule has 32 heavy (non-hydrogen) atoms. The lowest BCUT2D eigenvalue weighted by molar-refractivity contribution is -0.135. The molecule has 0 aliphatic heterocycles. The molecule has 3 aromatic rings. The van der Waals surface area contributed by atoms with Crippen LogP contribution in [0.4, 0.5) is 13.2 Å². The van der Waals surface area contributed by atoms with Gasteiger partial charge in [0, 0.05) is 29.5 Å². The minimum atomic E-state index is -4.31. The van der Waals surface area contributed by atoms with E-state index in [1.165, 1.54) is 23.8 Å². The third kappa shape index (κ3) is 6.16. The molecule has 2 aromatic heterocycles. The molecule has 0 atom stereocenters. The summed E-state index contributed by atoms with van der Waals surface area (Å²) >= 11 is 5.90. The van der Waals surface area contributed by atoms with Gasteiger partial charge in [-0.05, 0) is 30.7 Å². The molecular weight excluding hydrogens is 447 g/mol. The lowest BCUT2D eigenvalue weighted by Crippen LogP contribution is -2.26. The molecule has 0 unspecified atom stereocenters. The van der Waals surface area contributed by atoms with Crippen LogP contribution in [-0.4, -0.2) is 33.8 Å². The van der Waals surface area contributed by atoms with Gasteiger partial charge in [0.05, 0.1) is 25.0 Å². The zero-order valence-corrected chi connectivity index (χ0v) is 17.8. The molecule has 1 aromatic carbocycles. The number of nitrogens with zero attached hydrogens (tertiary/aromatic N) is 3. The Labute approximate surface area is 186 Å².